The second kappa shape index (κ2) is 6.60. The van der Waals surface area contributed by atoms with Gasteiger partial charge in [-0.25, -0.2) is 0 Å². The van der Waals surface area contributed by atoms with Crippen LogP contribution in [0.5, 0.6) is 11.5 Å². The molecule has 0 atom stereocenters. The lowest BCUT2D eigenvalue weighted by molar-refractivity contribution is -0.384. The second-order valence-electron chi connectivity index (χ2n) is 5.69. The van der Waals surface area contributed by atoms with E-state index < -0.39 is 4.92 Å². The largest absolute Gasteiger partial charge is 0.489 e. The molecular weight excluding hydrogens is 322 g/mol. The van der Waals surface area contributed by atoms with Gasteiger partial charge >= 0.3 is 0 Å². The number of hydrogen-bond acceptors (Lipinski definition) is 5. The number of carbonyl (C=O) groups is 1. The van der Waals surface area contributed by atoms with Gasteiger partial charge in [-0.3, -0.25) is 14.9 Å². The van der Waals surface area contributed by atoms with E-state index in [2.05, 4.69) is 6.58 Å². The van der Waals surface area contributed by atoms with Gasteiger partial charge in [0.2, 0.25) is 5.78 Å². The molecule has 6 nitrogen and oxygen atoms in total. The third kappa shape index (κ3) is 3.58. The van der Waals surface area contributed by atoms with E-state index in [9.17, 15) is 14.9 Å². The fraction of sp³-hybridized carbons (Fsp3) is 0.105. The molecule has 0 saturated heterocycles. The van der Waals surface area contributed by atoms with Crippen molar-refractivity contribution in [3.63, 3.8) is 0 Å². The van der Waals surface area contributed by atoms with Crippen LogP contribution in [-0.4, -0.2) is 17.3 Å². The number of nitro groups is 1. The van der Waals surface area contributed by atoms with Crippen molar-refractivity contribution in [3.8, 4) is 11.5 Å². The highest BCUT2D eigenvalue weighted by atomic mass is 16.6. The first kappa shape index (κ1) is 16.4. The molecule has 1 heterocycles. The average molecular weight is 337 g/mol. The molecule has 126 valence electrons. The molecule has 0 radical (unpaired) electrons. The molecule has 0 saturated carbocycles. The SMILES string of the molecule is C=C(C)COc1ccc2c(c1)O/C(=C/c1ccc([N+](=O)[O-])cc1)C2=O. The second-order valence-corrected chi connectivity index (χ2v) is 5.69. The highest BCUT2D eigenvalue weighted by molar-refractivity contribution is 6.14. The minimum Gasteiger partial charge on any atom is -0.489 e. The lowest BCUT2D eigenvalue weighted by atomic mass is 10.1. The van der Waals surface area contributed by atoms with E-state index in [0.29, 0.717) is 29.2 Å². The van der Waals surface area contributed by atoms with Gasteiger partial charge in [0.25, 0.3) is 5.69 Å². The molecule has 0 spiro atoms. The maximum absolute atomic E-state index is 12.4. The smallest absolute Gasteiger partial charge is 0.269 e. The Labute approximate surface area is 144 Å². The number of nitro benzene ring substituents is 1. The minimum absolute atomic E-state index is 0.0107. The van der Waals surface area contributed by atoms with Crippen LogP contribution < -0.4 is 9.47 Å². The van der Waals surface area contributed by atoms with Gasteiger partial charge in [0, 0.05) is 18.2 Å². The molecule has 0 bridgehead atoms. The fourth-order valence-corrected chi connectivity index (χ4v) is 2.31. The van der Waals surface area contributed by atoms with E-state index in [1.807, 2.05) is 6.92 Å². The summed E-state index contributed by atoms with van der Waals surface area (Å²) in [5, 5.41) is 10.7. The molecule has 0 aliphatic carbocycles. The van der Waals surface area contributed by atoms with Crippen molar-refractivity contribution in [1.82, 2.24) is 0 Å². The quantitative estimate of drug-likeness (QED) is 0.354. The Morgan fingerprint density at radius 3 is 2.64 bits per heavy atom. The van der Waals surface area contributed by atoms with Gasteiger partial charge in [-0.15, -0.1) is 0 Å². The molecule has 0 aromatic heterocycles. The van der Waals surface area contributed by atoms with Gasteiger partial charge in [0.15, 0.2) is 5.76 Å². The first-order chi connectivity index (χ1) is 11.9. The topological polar surface area (TPSA) is 78.7 Å². The summed E-state index contributed by atoms with van der Waals surface area (Å²) in [6.07, 6.45) is 1.56. The zero-order chi connectivity index (χ0) is 18.0. The summed E-state index contributed by atoms with van der Waals surface area (Å²) in [6, 6.07) is 10.9. The summed E-state index contributed by atoms with van der Waals surface area (Å²) >= 11 is 0. The third-order valence-corrected chi connectivity index (χ3v) is 3.53. The summed E-state index contributed by atoms with van der Waals surface area (Å²) in [5.41, 5.74) is 1.97. The third-order valence-electron chi connectivity index (χ3n) is 3.53. The van der Waals surface area contributed by atoms with Crippen LogP contribution in [0.2, 0.25) is 0 Å². The molecule has 1 aliphatic rings. The van der Waals surface area contributed by atoms with Crippen LogP contribution in [0.1, 0.15) is 22.8 Å². The Morgan fingerprint density at radius 1 is 1.28 bits per heavy atom. The molecule has 0 unspecified atom stereocenters. The fourth-order valence-electron chi connectivity index (χ4n) is 2.31. The highest BCUT2D eigenvalue weighted by Crippen LogP contribution is 2.35. The van der Waals surface area contributed by atoms with Crippen molar-refractivity contribution in [3.05, 3.63) is 81.6 Å². The number of Topliss-reactive ketones (excluding diaryl/α,β-unsaturated/α-hetero) is 1. The number of allylic oxidation sites excluding steroid dienone is 1. The van der Waals surface area contributed by atoms with Gasteiger partial charge < -0.3 is 9.47 Å². The van der Waals surface area contributed by atoms with Gasteiger partial charge in [-0.2, -0.15) is 0 Å². The number of ketones is 1. The minimum atomic E-state index is -0.476. The zero-order valence-corrected chi connectivity index (χ0v) is 13.5. The molecule has 1 aliphatic heterocycles. The predicted molar refractivity (Wildman–Crippen MR) is 92.8 cm³/mol. The Kier molecular flexibility index (Phi) is 4.35. The average Bonchev–Trinajstić information content (AvgIpc) is 2.89. The van der Waals surface area contributed by atoms with Crippen LogP contribution in [0.25, 0.3) is 6.08 Å². The molecule has 3 rings (SSSR count). The number of benzene rings is 2. The summed E-state index contributed by atoms with van der Waals surface area (Å²) in [6.45, 7) is 6.02. The van der Waals surface area contributed by atoms with Crippen LogP contribution in [0.15, 0.2) is 60.4 Å². The Balaban J connectivity index is 1.81. The molecule has 25 heavy (non-hydrogen) atoms. The maximum atomic E-state index is 12.4. The molecule has 2 aromatic rings. The standard InChI is InChI=1S/C19H15NO5/c1-12(2)11-24-15-7-8-16-17(10-15)25-18(19(16)21)9-13-3-5-14(6-4-13)20(22)23/h3-10H,1,11H2,2H3/b18-9+. The summed E-state index contributed by atoms with van der Waals surface area (Å²) in [7, 11) is 0. The Hall–Kier alpha value is -3.41. The molecule has 0 N–H and O–H groups in total. The van der Waals surface area contributed by atoms with Crippen molar-refractivity contribution in [2.45, 2.75) is 6.92 Å². The van der Waals surface area contributed by atoms with Crippen molar-refractivity contribution < 1.29 is 19.2 Å². The van der Waals surface area contributed by atoms with E-state index in [-0.39, 0.29) is 17.2 Å². The summed E-state index contributed by atoms with van der Waals surface area (Å²) < 4.78 is 11.2. The van der Waals surface area contributed by atoms with Crippen LogP contribution in [0, 0.1) is 10.1 Å². The van der Waals surface area contributed by atoms with Gasteiger partial charge in [0.05, 0.1) is 10.5 Å². The molecular formula is C19H15NO5. The van der Waals surface area contributed by atoms with E-state index in [4.69, 9.17) is 9.47 Å². The maximum Gasteiger partial charge on any atom is 0.269 e. The van der Waals surface area contributed by atoms with Gasteiger partial charge in [0.1, 0.15) is 18.1 Å². The monoisotopic (exact) mass is 337 g/mol. The van der Waals surface area contributed by atoms with Crippen LogP contribution in [0.3, 0.4) is 0 Å². The van der Waals surface area contributed by atoms with Crippen molar-refractivity contribution in [2.75, 3.05) is 6.61 Å². The lowest BCUT2D eigenvalue weighted by Crippen LogP contribution is -1.98. The molecule has 0 fully saturated rings. The zero-order valence-electron chi connectivity index (χ0n) is 13.5. The number of non-ortho nitro benzene ring substituents is 1. The van der Waals surface area contributed by atoms with Crippen LogP contribution in [0.4, 0.5) is 5.69 Å². The van der Waals surface area contributed by atoms with Crippen LogP contribution >= 0.6 is 0 Å². The van der Waals surface area contributed by atoms with Gasteiger partial charge in [-0.1, -0.05) is 6.58 Å². The number of rotatable bonds is 5. The van der Waals surface area contributed by atoms with Gasteiger partial charge in [-0.05, 0) is 48.4 Å². The lowest BCUT2D eigenvalue weighted by Gasteiger charge is -2.06. The summed E-state index contributed by atoms with van der Waals surface area (Å²) in [5.74, 6) is 0.948. The molecule has 2 aromatic carbocycles. The molecule has 6 heteroatoms. The normalized spacial score (nSPS) is 14.1. The van der Waals surface area contributed by atoms with Crippen molar-refractivity contribution >= 4 is 17.5 Å². The van der Waals surface area contributed by atoms with E-state index >= 15 is 0 Å². The van der Waals surface area contributed by atoms with E-state index in [0.717, 1.165) is 5.57 Å². The number of fused-ring (bicyclic) bond motifs is 1. The first-order valence-corrected chi connectivity index (χ1v) is 7.54. The van der Waals surface area contributed by atoms with E-state index in [1.54, 1.807) is 36.4 Å². The van der Waals surface area contributed by atoms with Crippen LogP contribution in [-0.2, 0) is 0 Å². The predicted octanol–water partition coefficient (Wildman–Crippen LogP) is 4.17. The molecule has 0 amide bonds. The number of ether oxygens (including phenoxy) is 2. The summed E-state index contributed by atoms with van der Waals surface area (Å²) in [4.78, 5) is 22.6. The van der Waals surface area contributed by atoms with E-state index in [1.165, 1.54) is 12.1 Å². The Morgan fingerprint density at radius 2 is 2.00 bits per heavy atom. The van der Waals surface area contributed by atoms with Crippen molar-refractivity contribution in [1.29, 1.82) is 0 Å². The van der Waals surface area contributed by atoms with Crippen molar-refractivity contribution in [2.24, 2.45) is 0 Å². The Bertz CT molecular complexity index is 897. The number of carbonyl (C=O) groups excluding carboxylic acids is 1. The highest BCUT2D eigenvalue weighted by Gasteiger charge is 2.27. The first-order valence-electron chi connectivity index (χ1n) is 7.54. The number of hydrogen-bond donors (Lipinski definition) is 0. The number of nitrogens with zero attached hydrogens (tertiary/aromatic N) is 1.